The highest BCUT2D eigenvalue weighted by Crippen LogP contribution is 2.36. The molecule has 0 saturated heterocycles. The van der Waals surface area contributed by atoms with Crippen LogP contribution in [0.4, 0.5) is 15.8 Å². The molecular weight excluding hydrogens is 215 g/mol. The summed E-state index contributed by atoms with van der Waals surface area (Å²) in [6.45, 7) is 3.72. The van der Waals surface area contributed by atoms with E-state index in [4.69, 9.17) is 11.5 Å². The summed E-state index contributed by atoms with van der Waals surface area (Å²) < 4.78 is 13.8. The zero-order valence-electron chi connectivity index (χ0n) is 9.92. The van der Waals surface area contributed by atoms with Crippen molar-refractivity contribution in [1.29, 1.82) is 0 Å². The van der Waals surface area contributed by atoms with Gasteiger partial charge in [-0.25, -0.2) is 4.39 Å². The lowest BCUT2D eigenvalue weighted by Crippen LogP contribution is -2.01. The standard InChI is InChI=1S/C14H15FN2/c1-8-7-12(16)9(2)14(17)13(8)10-5-3-4-6-11(10)15/h3-7H,16-17H2,1-2H3. The lowest BCUT2D eigenvalue weighted by molar-refractivity contribution is 0.631. The van der Waals surface area contributed by atoms with Crippen molar-refractivity contribution in [3.05, 3.63) is 47.3 Å². The van der Waals surface area contributed by atoms with Crippen LogP contribution in [0.25, 0.3) is 11.1 Å². The average molecular weight is 230 g/mol. The molecule has 2 aromatic rings. The summed E-state index contributed by atoms with van der Waals surface area (Å²) in [6.07, 6.45) is 0. The van der Waals surface area contributed by atoms with Gasteiger partial charge in [0.25, 0.3) is 0 Å². The molecule has 0 bridgehead atoms. The lowest BCUT2D eigenvalue weighted by Gasteiger charge is -2.15. The van der Waals surface area contributed by atoms with Crippen LogP contribution < -0.4 is 11.5 Å². The van der Waals surface area contributed by atoms with Crippen LogP contribution in [-0.4, -0.2) is 0 Å². The van der Waals surface area contributed by atoms with E-state index in [1.165, 1.54) is 6.07 Å². The minimum atomic E-state index is -0.272. The Balaban J connectivity index is 2.77. The van der Waals surface area contributed by atoms with Crippen LogP contribution in [0.2, 0.25) is 0 Å². The summed E-state index contributed by atoms with van der Waals surface area (Å²) in [5.74, 6) is -0.272. The molecule has 3 heteroatoms. The molecule has 17 heavy (non-hydrogen) atoms. The molecule has 2 rings (SSSR count). The molecular formula is C14H15FN2. The Kier molecular flexibility index (Phi) is 2.76. The summed E-state index contributed by atoms with van der Waals surface area (Å²) in [4.78, 5) is 0. The second-order valence-corrected chi connectivity index (χ2v) is 4.18. The Labute approximate surface area is 100 Å². The van der Waals surface area contributed by atoms with Crippen molar-refractivity contribution in [2.24, 2.45) is 0 Å². The third kappa shape index (κ3) is 1.84. The largest absolute Gasteiger partial charge is 0.398 e. The lowest BCUT2D eigenvalue weighted by atomic mass is 9.94. The molecule has 0 radical (unpaired) electrons. The number of rotatable bonds is 1. The molecule has 0 unspecified atom stereocenters. The predicted molar refractivity (Wildman–Crippen MR) is 70.1 cm³/mol. The molecule has 0 aliphatic rings. The average Bonchev–Trinajstić information content (AvgIpc) is 2.29. The second kappa shape index (κ2) is 4.09. The first-order valence-electron chi connectivity index (χ1n) is 5.42. The van der Waals surface area contributed by atoms with E-state index in [-0.39, 0.29) is 5.82 Å². The second-order valence-electron chi connectivity index (χ2n) is 4.18. The van der Waals surface area contributed by atoms with Crippen molar-refractivity contribution in [3.63, 3.8) is 0 Å². The molecule has 0 spiro atoms. The summed E-state index contributed by atoms with van der Waals surface area (Å²) in [6, 6.07) is 8.44. The van der Waals surface area contributed by atoms with E-state index in [2.05, 4.69) is 0 Å². The molecule has 0 atom stereocenters. The predicted octanol–water partition coefficient (Wildman–Crippen LogP) is 3.27. The Morgan fingerprint density at radius 3 is 2.35 bits per heavy atom. The van der Waals surface area contributed by atoms with Crippen molar-refractivity contribution in [3.8, 4) is 11.1 Å². The van der Waals surface area contributed by atoms with Gasteiger partial charge in [-0.3, -0.25) is 0 Å². The Hall–Kier alpha value is -2.03. The molecule has 88 valence electrons. The number of nitrogens with two attached hydrogens (primary N) is 2. The van der Waals surface area contributed by atoms with Crippen LogP contribution in [0.1, 0.15) is 11.1 Å². The van der Waals surface area contributed by atoms with Crippen LogP contribution in [-0.2, 0) is 0 Å². The molecule has 0 aliphatic carbocycles. The summed E-state index contributed by atoms with van der Waals surface area (Å²) in [5, 5.41) is 0. The van der Waals surface area contributed by atoms with Crippen molar-refractivity contribution >= 4 is 11.4 Å². The first kappa shape index (κ1) is 11.5. The zero-order chi connectivity index (χ0) is 12.6. The van der Waals surface area contributed by atoms with E-state index in [9.17, 15) is 4.39 Å². The number of anilines is 2. The third-order valence-corrected chi connectivity index (χ3v) is 3.02. The number of nitrogen functional groups attached to an aromatic ring is 2. The fraction of sp³-hybridized carbons (Fsp3) is 0.143. The highest BCUT2D eigenvalue weighted by atomic mass is 19.1. The number of aryl methyl sites for hydroxylation is 1. The molecule has 0 fully saturated rings. The van der Waals surface area contributed by atoms with Gasteiger partial charge in [-0.15, -0.1) is 0 Å². The molecule has 2 aromatic carbocycles. The smallest absolute Gasteiger partial charge is 0.131 e. The van der Waals surface area contributed by atoms with Gasteiger partial charge in [0.15, 0.2) is 0 Å². The Bertz CT molecular complexity index is 577. The van der Waals surface area contributed by atoms with E-state index >= 15 is 0 Å². The van der Waals surface area contributed by atoms with Gasteiger partial charge in [-0.05, 0) is 37.1 Å². The van der Waals surface area contributed by atoms with Crippen LogP contribution >= 0.6 is 0 Å². The van der Waals surface area contributed by atoms with Crippen molar-refractivity contribution < 1.29 is 4.39 Å². The molecule has 0 heterocycles. The maximum Gasteiger partial charge on any atom is 0.131 e. The first-order valence-corrected chi connectivity index (χ1v) is 5.42. The Morgan fingerprint density at radius 1 is 1.06 bits per heavy atom. The minimum absolute atomic E-state index is 0.272. The van der Waals surface area contributed by atoms with E-state index in [0.717, 1.165) is 16.7 Å². The molecule has 0 aliphatic heterocycles. The Morgan fingerprint density at radius 2 is 1.71 bits per heavy atom. The quantitative estimate of drug-likeness (QED) is 0.739. The monoisotopic (exact) mass is 230 g/mol. The highest BCUT2D eigenvalue weighted by molar-refractivity contribution is 5.85. The van der Waals surface area contributed by atoms with E-state index < -0.39 is 0 Å². The van der Waals surface area contributed by atoms with E-state index in [1.54, 1.807) is 18.2 Å². The third-order valence-electron chi connectivity index (χ3n) is 3.02. The summed E-state index contributed by atoms with van der Waals surface area (Å²) in [7, 11) is 0. The van der Waals surface area contributed by atoms with Gasteiger partial charge in [0, 0.05) is 22.5 Å². The minimum Gasteiger partial charge on any atom is -0.398 e. The number of benzene rings is 2. The van der Waals surface area contributed by atoms with Crippen LogP contribution in [0.5, 0.6) is 0 Å². The first-order chi connectivity index (χ1) is 8.02. The highest BCUT2D eigenvalue weighted by Gasteiger charge is 2.14. The maximum absolute atomic E-state index is 13.8. The fourth-order valence-corrected chi connectivity index (χ4v) is 1.99. The maximum atomic E-state index is 13.8. The normalized spacial score (nSPS) is 10.5. The fourth-order valence-electron chi connectivity index (χ4n) is 1.99. The number of hydrogen-bond donors (Lipinski definition) is 2. The van der Waals surface area contributed by atoms with Gasteiger partial charge in [0.2, 0.25) is 0 Å². The van der Waals surface area contributed by atoms with Gasteiger partial charge in [0.1, 0.15) is 5.82 Å². The van der Waals surface area contributed by atoms with Gasteiger partial charge >= 0.3 is 0 Å². The van der Waals surface area contributed by atoms with Gasteiger partial charge in [-0.1, -0.05) is 18.2 Å². The molecule has 0 amide bonds. The van der Waals surface area contributed by atoms with Crippen LogP contribution in [0.3, 0.4) is 0 Å². The van der Waals surface area contributed by atoms with Crippen molar-refractivity contribution in [1.82, 2.24) is 0 Å². The SMILES string of the molecule is Cc1cc(N)c(C)c(N)c1-c1ccccc1F. The molecule has 2 nitrogen and oxygen atoms in total. The number of halogens is 1. The topological polar surface area (TPSA) is 52.0 Å². The van der Waals surface area contributed by atoms with Gasteiger partial charge in [0.05, 0.1) is 0 Å². The van der Waals surface area contributed by atoms with Crippen LogP contribution in [0.15, 0.2) is 30.3 Å². The van der Waals surface area contributed by atoms with Crippen molar-refractivity contribution in [2.45, 2.75) is 13.8 Å². The van der Waals surface area contributed by atoms with Gasteiger partial charge in [-0.2, -0.15) is 0 Å². The van der Waals surface area contributed by atoms with Gasteiger partial charge < -0.3 is 11.5 Å². The molecule has 0 saturated carbocycles. The zero-order valence-corrected chi connectivity index (χ0v) is 9.92. The van der Waals surface area contributed by atoms with Crippen molar-refractivity contribution in [2.75, 3.05) is 11.5 Å². The summed E-state index contributed by atoms with van der Waals surface area (Å²) >= 11 is 0. The van der Waals surface area contributed by atoms with E-state index in [0.29, 0.717) is 16.9 Å². The van der Waals surface area contributed by atoms with E-state index in [1.807, 2.05) is 19.9 Å². The molecule has 0 aromatic heterocycles. The van der Waals surface area contributed by atoms with Crippen LogP contribution in [0, 0.1) is 19.7 Å². The number of hydrogen-bond acceptors (Lipinski definition) is 2. The molecule has 4 N–H and O–H groups in total. The summed E-state index contributed by atoms with van der Waals surface area (Å²) in [5.41, 5.74) is 16.0.